The predicted octanol–water partition coefficient (Wildman–Crippen LogP) is 4.97. The third kappa shape index (κ3) is 5.65. The number of amides is 2. The summed E-state index contributed by atoms with van der Waals surface area (Å²) in [5.41, 5.74) is 1.94. The first-order valence-corrected chi connectivity index (χ1v) is 9.14. The summed E-state index contributed by atoms with van der Waals surface area (Å²) in [7, 11) is 0. The molecule has 0 bridgehead atoms. The number of ketones is 1. The number of ether oxygens (including phenoxy) is 1. The molecular formula is C23H21FN2O3. The van der Waals surface area contributed by atoms with Gasteiger partial charge < -0.3 is 15.4 Å². The molecule has 1 unspecified atom stereocenters. The van der Waals surface area contributed by atoms with Crippen molar-refractivity contribution in [1.29, 1.82) is 0 Å². The second-order valence-corrected chi connectivity index (χ2v) is 6.44. The fourth-order valence-corrected chi connectivity index (χ4v) is 2.76. The molecule has 148 valence electrons. The predicted molar refractivity (Wildman–Crippen MR) is 110 cm³/mol. The van der Waals surface area contributed by atoms with Gasteiger partial charge in [0.1, 0.15) is 6.61 Å². The number of carbonyl (C=O) groups excluding carboxylic acids is 2. The Kier molecular flexibility index (Phi) is 6.58. The van der Waals surface area contributed by atoms with Gasteiger partial charge in [0.15, 0.2) is 17.3 Å². The summed E-state index contributed by atoms with van der Waals surface area (Å²) in [6.45, 7) is 1.54. The Balaban J connectivity index is 1.68. The lowest BCUT2D eigenvalue weighted by molar-refractivity contribution is 0.101. The first kappa shape index (κ1) is 20.1. The van der Waals surface area contributed by atoms with Crippen LogP contribution in [0, 0.1) is 5.82 Å². The van der Waals surface area contributed by atoms with Crippen molar-refractivity contribution in [3.8, 4) is 5.75 Å². The van der Waals surface area contributed by atoms with Gasteiger partial charge >= 0.3 is 6.03 Å². The Bertz CT molecular complexity index is 975. The van der Waals surface area contributed by atoms with Gasteiger partial charge in [-0.2, -0.15) is 0 Å². The van der Waals surface area contributed by atoms with Crippen LogP contribution >= 0.6 is 0 Å². The zero-order valence-corrected chi connectivity index (χ0v) is 15.9. The lowest BCUT2D eigenvalue weighted by atomic mass is 10.1. The minimum Gasteiger partial charge on any atom is -0.488 e. The number of anilines is 1. The van der Waals surface area contributed by atoms with Crippen LogP contribution in [-0.2, 0) is 0 Å². The van der Waals surface area contributed by atoms with Crippen molar-refractivity contribution in [2.75, 3.05) is 11.9 Å². The van der Waals surface area contributed by atoms with Gasteiger partial charge in [0, 0.05) is 11.3 Å². The van der Waals surface area contributed by atoms with E-state index in [1.165, 1.54) is 19.1 Å². The maximum atomic E-state index is 13.8. The van der Waals surface area contributed by atoms with Gasteiger partial charge in [0.05, 0.1) is 6.04 Å². The van der Waals surface area contributed by atoms with Crippen molar-refractivity contribution in [2.24, 2.45) is 0 Å². The van der Waals surface area contributed by atoms with E-state index in [1.54, 1.807) is 36.4 Å². The topological polar surface area (TPSA) is 67.4 Å². The summed E-state index contributed by atoms with van der Waals surface area (Å²) >= 11 is 0. The number of urea groups is 1. The molecule has 3 aromatic rings. The van der Waals surface area contributed by atoms with E-state index in [4.69, 9.17) is 4.74 Å². The largest absolute Gasteiger partial charge is 0.488 e. The molecule has 0 aliphatic carbocycles. The number of Topliss-reactive ketones (excluding diaryl/α,β-unsaturated/α-hetero) is 1. The van der Waals surface area contributed by atoms with E-state index in [-0.39, 0.29) is 18.1 Å². The average Bonchev–Trinajstić information content (AvgIpc) is 2.73. The molecule has 3 rings (SSSR count). The Morgan fingerprint density at radius 3 is 2.24 bits per heavy atom. The molecule has 0 spiro atoms. The number of carbonyl (C=O) groups is 2. The second kappa shape index (κ2) is 9.50. The number of benzene rings is 3. The van der Waals surface area contributed by atoms with Gasteiger partial charge in [0.2, 0.25) is 0 Å². The van der Waals surface area contributed by atoms with Crippen LogP contribution in [0.3, 0.4) is 0 Å². The highest BCUT2D eigenvalue weighted by Crippen LogP contribution is 2.19. The third-order valence-electron chi connectivity index (χ3n) is 4.30. The summed E-state index contributed by atoms with van der Waals surface area (Å²) in [5, 5.41) is 5.57. The Labute approximate surface area is 168 Å². The standard InChI is InChI=1S/C23H21FN2O3/c1-16(27)17-11-13-19(14-12-17)25-23(28)26-21(18-7-3-2-4-8-18)15-29-22-10-6-5-9-20(22)24/h2-14,21H,15H2,1H3,(H2,25,26,28). The number of halogens is 1. The number of nitrogens with one attached hydrogen (secondary N) is 2. The Morgan fingerprint density at radius 1 is 0.931 bits per heavy atom. The summed E-state index contributed by atoms with van der Waals surface area (Å²) in [5.74, 6) is -0.389. The van der Waals surface area contributed by atoms with Crippen molar-refractivity contribution in [3.63, 3.8) is 0 Å². The van der Waals surface area contributed by atoms with Gasteiger partial charge in [-0.25, -0.2) is 9.18 Å². The lowest BCUT2D eigenvalue weighted by Crippen LogP contribution is -2.35. The van der Waals surface area contributed by atoms with Crippen molar-refractivity contribution in [1.82, 2.24) is 5.32 Å². The second-order valence-electron chi connectivity index (χ2n) is 6.44. The minimum absolute atomic E-state index is 0.0459. The summed E-state index contributed by atoms with van der Waals surface area (Å²) in [4.78, 5) is 23.8. The van der Waals surface area contributed by atoms with Crippen LogP contribution in [0.2, 0.25) is 0 Å². The first-order valence-electron chi connectivity index (χ1n) is 9.14. The highest BCUT2D eigenvalue weighted by molar-refractivity contribution is 5.95. The van der Waals surface area contributed by atoms with Crippen LogP contribution in [0.1, 0.15) is 28.9 Å². The highest BCUT2D eigenvalue weighted by Gasteiger charge is 2.16. The molecule has 0 radical (unpaired) electrons. The molecule has 1 atom stereocenters. The van der Waals surface area contributed by atoms with Crippen LogP contribution < -0.4 is 15.4 Å². The average molecular weight is 392 g/mol. The van der Waals surface area contributed by atoms with Crippen molar-refractivity contribution < 1.29 is 18.7 Å². The zero-order valence-electron chi connectivity index (χ0n) is 15.9. The SMILES string of the molecule is CC(=O)c1ccc(NC(=O)NC(COc2ccccc2F)c2ccccc2)cc1. The van der Waals surface area contributed by atoms with E-state index in [0.29, 0.717) is 11.3 Å². The number of hydrogen-bond acceptors (Lipinski definition) is 3. The molecule has 0 aromatic heterocycles. The van der Waals surface area contributed by atoms with E-state index in [9.17, 15) is 14.0 Å². The van der Waals surface area contributed by atoms with Gasteiger partial charge in [0.25, 0.3) is 0 Å². The normalized spacial score (nSPS) is 11.4. The number of hydrogen-bond donors (Lipinski definition) is 2. The molecule has 0 aliphatic rings. The molecule has 0 saturated heterocycles. The smallest absolute Gasteiger partial charge is 0.319 e. The monoisotopic (exact) mass is 392 g/mol. The van der Waals surface area contributed by atoms with Crippen LogP contribution in [0.25, 0.3) is 0 Å². The van der Waals surface area contributed by atoms with Crippen LogP contribution in [0.4, 0.5) is 14.9 Å². The molecule has 29 heavy (non-hydrogen) atoms. The molecule has 0 heterocycles. The summed E-state index contributed by atoms with van der Waals surface area (Å²) in [6, 6.07) is 21.1. The van der Waals surface area contributed by atoms with Gasteiger partial charge in [-0.1, -0.05) is 42.5 Å². The van der Waals surface area contributed by atoms with Crippen molar-refractivity contribution in [2.45, 2.75) is 13.0 Å². The maximum Gasteiger partial charge on any atom is 0.319 e. The molecular weight excluding hydrogens is 371 g/mol. The van der Waals surface area contributed by atoms with Gasteiger partial charge in [-0.3, -0.25) is 4.79 Å². The summed E-state index contributed by atoms with van der Waals surface area (Å²) in [6.07, 6.45) is 0. The Hall–Kier alpha value is -3.67. The quantitative estimate of drug-likeness (QED) is 0.558. The number of para-hydroxylation sites is 1. The fourth-order valence-electron chi connectivity index (χ4n) is 2.76. The van der Waals surface area contributed by atoms with Crippen molar-refractivity contribution in [3.05, 3.63) is 95.8 Å². The van der Waals surface area contributed by atoms with E-state index < -0.39 is 17.9 Å². The van der Waals surface area contributed by atoms with Crippen LogP contribution in [-0.4, -0.2) is 18.4 Å². The van der Waals surface area contributed by atoms with E-state index in [0.717, 1.165) is 5.56 Å². The zero-order chi connectivity index (χ0) is 20.6. The molecule has 0 aliphatic heterocycles. The van der Waals surface area contributed by atoms with Crippen LogP contribution in [0.15, 0.2) is 78.9 Å². The molecule has 3 aromatic carbocycles. The van der Waals surface area contributed by atoms with Crippen molar-refractivity contribution >= 4 is 17.5 Å². The fraction of sp³-hybridized carbons (Fsp3) is 0.130. The maximum absolute atomic E-state index is 13.8. The van der Waals surface area contributed by atoms with E-state index in [1.807, 2.05) is 30.3 Å². The number of rotatable bonds is 7. The molecule has 0 saturated carbocycles. The van der Waals surface area contributed by atoms with Crippen LogP contribution in [0.5, 0.6) is 5.75 Å². The molecule has 2 N–H and O–H groups in total. The third-order valence-corrected chi connectivity index (χ3v) is 4.30. The lowest BCUT2D eigenvalue weighted by Gasteiger charge is -2.20. The highest BCUT2D eigenvalue weighted by atomic mass is 19.1. The molecule has 5 nitrogen and oxygen atoms in total. The molecule has 0 fully saturated rings. The first-order chi connectivity index (χ1) is 14.0. The molecule has 6 heteroatoms. The van der Waals surface area contributed by atoms with Gasteiger partial charge in [-0.15, -0.1) is 0 Å². The minimum atomic E-state index is -0.493. The Morgan fingerprint density at radius 2 is 1.59 bits per heavy atom. The van der Waals surface area contributed by atoms with E-state index in [2.05, 4.69) is 10.6 Å². The van der Waals surface area contributed by atoms with E-state index >= 15 is 0 Å². The molecule has 2 amide bonds. The van der Waals surface area contributed by atoms with Gasteiger partial charge in [-0.05, 0) is 48.9 Å². The summed E-state index contributed by atoms with van der Waals surface area (Å²) < 4.78 is 19.4.